The smallest absolute Gasteiger partial charge is 0.231 e. The van der Waals surface area contributed by atoms with E-state index >= 15 is 0 Å². The fourth-order valence-corrected chi connectivity index (χ4v) is 4.38. The highest BCUT2D eigenvalue weighted by atomic mass is 19.1. The Labute approximate surface area is 166 Å². The number of halogens is 1. The normalized spacial score (nSPS) is 19.9. The zero-order valence-corrected chi connectivity index (χ0v) is 17.0. The molecule has 0 fully saturated rings. The Balaban J connectivity index is 1.67. The number of anilines is 1. The Morgan fingerprint density at radius 1 is 1.21 bits per heavy atom. The van der Waals surface area contributed by atoms with E-state index in [0.717, 1.165) is 25.1 Å². The molecule has 0 saturated heterocycles. The van der Waals surface area contributed by atoms with Crippen LogP contribution in [-0.2, 0) is 0 Å². The molecule has 2 aromatic rings. The highest BCUT2D eigenvalue weighted by Gasteiger charge is 2.36. The molecule has 0 aliphatic carbocycles. The molecule has 2 aliphatic rings. The molecule has 0 saturated carbocycles. The predicted octanol–water partition coefficient (Wildman–Crippen LogP) is 5.81. The van der Waals surface area contributed by atoms with Crippen LogP contribution >= 0.6 is 0 Å². The molecule has 0 bridgehead atoms. The molecular weight excluding hydrogens is 355 g/mol. The van der Waals surface area contributed by atoms with E-state index in [4.69, 9.17) is 9.47 Å². The number of fused-ring (bicyclic) bond motifs is 2. The SMILES string of the molecule is CCCN1c2cc(F)c(C=Nc3ccc4c(c3)OCO4)cc2C(C)CC1(C)C. The van der Waals surface area contributed by atoms with E-state index in [1.807, 2.05) is 24.3 Å². The summed E-state index contributed by atoms with van der Waals surface area (Å²) in [5.41, 5.74) is 3.46. The summed E-state index contributed by atoms with van der Waals surface area (Å²) in [7, 11) is 0. The molecule has 4 nitrogen and oxygen atoms in total. The minimum absolute atomic E-state index is 0.0248. The molecular formula is C23H27FN2O2. The lowest BCUT2D eigenvalue weighted by atomic mass is 9.79. The van der Waals surface area contributed by atoms with Crippen molar-refractivity contribution in [3.8, 4) is 11.5 Å². The van der Waals surface area contributed by atoms with Crippen LogP contribution in [0.25, 0.3) is 0 Å². The van der Waals surface area contributed by atoms with E-state index in [1.54, 1.807) is 12.3 Å². The topological polar surface area (TPSA) is 34.1 Å². The number of rotatable bonds is 4. The summed E-state index contributed by atoms with van der Waals surface area (Å²) >= 11 is 0. The second-order valence-corrected chi connectivity index (χ2v) is 8.30. The second-order valence-electron chi connectivity index (χ2n) is 8.30. The standard InChI is InChI=1S/C23H27FN2O2/c1-5-8-26-20-11-19(24)16(9-18(20)15(2)12-23(26,3)4)13-25-17-6-7-21-22(10-17)28-14-27-21/h6-7,9-11,13,15H,5,8,12,14H2,1-4H3. The minimum atomic E-state index is -0.241. The van der Waals surface area contributed by atoms with Gasteiger partial charge in [0.15, 0.2) is 11.5 Å². The molecule has 28 heavy (non-hydrogen) atoms. The van der Waals surface area contributed by atoms with Crippen LogP contribution in [0.5, 0.6) is 11.5 Å². The number of hydrogen-bond donors (Lipinski definition) is 0. The third-order valence-corrected chi connectivity index (χ3v) is 5.66. The van der Waals surface area contributed by atoms with Gasteiger partial charge in [0.2, 0.25) is 6.79 Å². The Morgan fingerprint density at radius 2 is 2.00 bits per heavy atom. The van der Waals surface area contributed by atoms with Gasteiger partial charge in [-0.3, -0.25) is 4.99 Å². The quantitative estimate of drug-likeness (QED) is 0.626. The van der Waals surface area contributed by atoms with Crippen molar-refractivity contribution >= 4 is 17.6 Å². The van der Waals surface area contributed by atoms with Crippen LogP contribution in [0.4, 0.5) is 15.8 Å². The molecule has 0 aromatic heterocycles. The van der Waals surface area contributed by atoms with Crippen LogP contribution in [0.1, 0.15) is 57.6 Å². The Morgan fingerprint density at radius 3 is 2.79 bits per heavy atom. The van der Waals surface area contributed by atoms with Crippen LogP contribution in [0, 0.1) is 5.82 Å². The van der Waals surface area contributed by atoms with E-state index in [0.29, 0.717) is 28.7 Å². The summed E-state index contributed by atoms with van der Waals surface area (Å²) in [5.74, 6) is 1.52. The third-order valence-electron chi connectivity index (χ3n) is 5.66. The van der Waals surface area contributed by atoms with Gasteiger partial charge in [-0.1, -0.05) is 13.8 Å². The Bertz CT molecular complexity index is 923. The number of benzene rings is 2. The predicted molar refractivity (Wildman–Crippen MR) is 111 cm³/mol. The van der Waals surface area contributed by atoms with Crippen LogP contribution in [-0.4, -0.2) is 25.1 Å². The summed E-state index contributed by atoms with van der Waals surface area (Å²) < 4.78 is 25.6. The minimum Gasteiger partial charge on any atom is -0.454 e. The summed E-state index contributed by atoms with van der Waals surface area (Å²) in [6.07, 6.45) is 3.68. The number of aliphatic imine (C=N–C) groups is 1. The second kappa shape index (κ2) is 7.12. The Kier molecular flexibility index (Phi) is 4.77. The van der Waals surface area contributed by atoms with E-state index in [9.17, 15) is 4.39 Å². The van der Waals surface area contributed by atoms with Gasteiger partial charge in [0.05, 0.1) is 5.69 Å². The van der Waals surface area contributed by atoms with E-state index in [1.165, 1.54) is 5.56 Å². The van der Waals surface area contributed by atoms with Gasteiger partial charge in [-0.15, -0.1) is 0 Å². The molecule has 2 aliphatic heterocycles. The van der Waals surface area contributed by atoms with Crippen molar-refractivity contribution < 1.29 is 13.9 Å². The Hall–Kier alpha value is -2.56. The number of hydrogen-bond acceptors (Lipinski definition) is 4. The van der Waals surface area contributed by atoms with E-state index < -0.39 is 0 Å². The molecule has 0 radical (unpaired) electrons. The van der Waals surface area contributed by atoms with Crippen molar-refractivity contribution in [3.05, 3.63) is 47.3 Å². The van der Waals surface area contributed by atoms with Crippen LogP contribution in [0.2, 0.25) is 0 Å². The van der Waals surface area contributed by atoms with E-state index in [2.05, 4.69) is 37.6 Å². The maximum atomic E-state index is 14.9. The van der Waals surface area contributed by atoms with Crippen molar-refractivity contribution in [2.75, 3.05) is 18.2 Å². The average Bonchev–Trinajstić information content (AvgIpc) is 3.11. The van der Waals surface area contributed by atoms with Gasteiger partial charge in [-0.05, 0) is 62.4 Å². The maximum absolute atomic E-state index is 14.9. The molecule has 0 spiro atoms. The first-order valence-electron chi connectivity index (χ1n) is 9.94. The van der Waals surface area contributed by atoms with Crippen LogP contribution in [0.15, 0.2) is 35.3 Å². The largest absolute Gasteiger partial charge is 0.454 e. The molecule has 148 valence electrons. The molecule has 0 N–H and O–H groups in total. The van der Waals surface area contributed by atoms with Crippen molar-refractivity contribution in [1.82, 2.24) is 0 Å². The van der Waals surface area contributed by atoms with Gasteiger partial charge in [0.1, 0.15) is 5.82 Å². The van der Waals surface area contributed by atoms with E-state index in [-0.39, 0.29) is 18.1 Å². The summed E-state index contributed by atoms with van der Waals surface area (Å²) in [6, 6.07) is 9.12. The van der Waals surface area contributed by atoms with Gasteiger partial charge < -0.3 is 14.4 Å². The van der Waals surface area contributed by atoms with Crippen LogP contribution < -0.4 is 14.4 Å². The molecule has 2 aromatic carbocycles. The zero-order valence-electron chi connectivity index (χ0n) is 17.0. The fourth-order valence-electron chi connectivity index (χ4n) is 4.38. The highest BCUT2D eigenvalue weighted by molar-refractivity contribution is 5.84. The number of nitrogens with zero attached hydrogens (tertiary/aromatic N) is 2. The van der Waals surface area contributed by atoms with Gasteiger partial charge in [0, 0.05) is 35.6 Å². The van der Waals surface area contributed by atoms with Gasteiger partial charge in [0.25, 0.3) is 0 Å². The van der Waals surface area contributed by atoms with Crippen molar-refractivity contribution in [3.63, 3.8) is 0 Å². The molecule has 5 heteroatoms. The first-order chi connectivity index (χ1) is 13.4. The van der Waals surface area contributed by atoms with Crippen molar-refractivity contribution in [2.24, 2.45) is 4.99 Å². The summed E-state index contributed by atoms with van der Waals surface area (Å²) in [5, 5.41) is 0. The lowest BCUT2D eigenvalue weighted by molar-refractivity contribution is 0.174. The highest BCUT2D eigenvalue weighted by Crippen LogP contribution is 2.44. The fraction of sp³-hybridized carbons (Fsp3) is 0.435. The van der Waals surface area contributed by atoms with Crippen LogP contribution in [0.3, 0.4) is 0 Å². The molecule has 1 unspecified atom stereocenters. The first kappa shape index (κ1) is 18.8. The summed E-state index contributed by atoms with van der Waals surface area (Å²) in [6.45, 7) is 10.0. The van der Waals surface area contributed by atoms with Crippen molar-refractivity contribution in [1.29, 1.82) is 0 Å². The van der Waals surface area contributed by atoms with Gasteiger partial charge in [-0.2, -0.15) is 0 Å². The molecule has 0 amide bonds. The number of ether oxygens (including phenoxy) is 2. The van der Waals surface area contributed by atoms with Gasteiger partial charge >= 0.3 is 0 Å². The molecule has 1 atom stereocenters. The maximum Gasteiger partial charge on any atom is 0.231 e. The third kappa shape index (κ3) is 3.34. The average molecular weight is 382 g/mol. The van der Waals surface area contributed by atoms with Crippen molar-refractivity contribution in [2.45, 2.75) is 52.0 Å². The lowest BCUT2D eigenvalue weighted by Gasteiger charge is -2.47. The lowest BCUT2D eigenvalue weighted by Crippen LogP contribution is -2.48. The van der Waals surface area contributed by atoms with Gasteiger partial charge in [-0.25, -0.2) is 4.39 Å². The first-order valence-corrected chi connectivity index (χ1v) is 9.94. The molecule has 2 heterocycles. The zero-order chi connectivity index (χ0) is 19.9. The summed E-state index contributed by atoms with van der Waals surface area (Å²) in [4.78, 5) is 6.81. The molecule has 4 rings (SSSR count). The monoisotopic (exact) mass is 382 g/mol.